The molecule has 0 aromatic heterocycles. The number of amides is 1. The van der Waals surface area contributed by atoms with Gasteiger partial charge < -0.3 is 0 Å². The van der Waals surface area contributed by atoms with E-state index in [4.69, 9.17) is 28.3 Å². The summed E-state index contributed by atoms with van der Waals surface area (Å²) in [6.07, 6.45) is 5.40. The van der Waals surface area contributed by atoms with Crippen LogP contribution in [0.3, 0.4) is 0 Å². The predicted octanol–water partition coefficient (Wildman–Crippen LogP) is 5.84. The van der Waals surface area contributed by atoms with Crippen molar-refractivity contribution in [2.45, 2.75) is 45.1 Å². The lowest BCUT2D eigenvalue weighted by molar-refractivity contribution is -0.119. The molecule has 4 rings (SSSR count). The average Bonchev–Trinajstić information content (AvgIpc) is 2.97. The highest BCUT2D eigenvalue weighted by Gasteiger charge is 2.41. The Morgan fingerprint density at radius 3 is 2.35 bits per heavy atom. The van der Waals surface area contributed by atoms with Gasteiger partial charge in [-0.05, 0) is 49.1 Å². The first-order chi connectivity index (χ1) is 15.1. The van der Waals surface area contributed by atoms with Crippen LogP contribution in [0.25, 0.3) is 0 Å². The molecule has 1 saturated heterocycles. The molecule has 2 aliphatic heterocycles. The van der Waals surface area contributed by atoms with E-state index in [2.05, 4.69) is 12.3 Å². The lowest BCUT2D eigenvalue weighted by Gasteiger charge is -2.29. The molecule has 0 saturated carbocycles. The smallest absolute Gasteiger partial charge is 0.282 e. The number of hydrazone groups is 1. The quantitative estimate of drug-likeness (QED) is 0.611. The third-order valence-corrected chi connectivity index (χ3v) is 6.63. The van der Waals surface area contributed by atoms with Crippen LogP contribution in [0.2, 0.25) is 10.0 Å². The molecule has 0 unspecified atom stereocenters. The van der Waals surface area contributed by atoms with Gasteiger partial charge in [0, 0.05) is 24.0 Å². The Labute approximate surface area is 194 Å². The number of para-hydroxylation sites is 1. The largest absolute Gasteiger partial charge is 0.284 e. The molecule has 2 aromatic carbocycles. The van der Waals surface area contributed by atoms with Crippen LogP contribution >= 0.6 is 23.2 Å². The molecule has 2 atom stereocenters. The standard InChI is InChI=1S/C24H28Cl2N4O/c1-2-19-22(24(31)28-29-15-7-3-4-8-16-29)27-30(21-10-6-5-9-20(21)26)23(19)17-11-13-18(25)14-12-17/h5-6,9-14,19,23H,2-4,7-8,15-16H2,1H3,(H,28,31)/t19-,23-/m1/s1. The fourth-order valence-corrected chi connectivity index (χ4v) is 4.81. The van der Waals surface area contributed by atoms with Gasteiger partial charge in [0.1, 0.15) is 5.71 Å². The van der Waals surface area contributed by atoms with Gasteiger partial charge in [-0.1, -0.05) is 67.2 Å². The number of rotatable bonds is 5. The van der Waals surface area contributed by atoms with Crippen LogP contribution in [0.4, 0.5) is 5.69 Å². The highest BCUT2D eigenvalue weighted by molar-refractivity contribution is 6.40. The number of nitrogens with zero attached hydrogens (tertiary/aromatic N) is 3. The summed E-state index contributed by atoms with van der Waals surface area (Å²) >= 11 is 12.7. The maximum atomic E-state index is 13.3. The first-order valence-corrected chi connectivity index (χ1v) is 11.8. The molecule has 0 bridgehead atoms. The van der Waals surface area contributed by atoms with Crippen LogP contribution in [0, 0.1) is 5.92 Å². The monoisotopic (exact) mass is 458 g/mol. The Kier molecular flexibility index (Phi) is 7.16. The molecule has 0 spiro atoms. The Morgan fingerprint density at radius 2 is 1.71 bits per heavy atom. The molecular weight excluding hydrogens is 431 g/mol. The summed E-state index contributed by atoms with van der Waals surface area (Å²) < 4.78 is 0. The van der Waals surface area contributed by atoms with Gasteiger partial charge in [-0.25, -0.2) is 5.01 Å². The van der Waals surface area contributed by atoms with Crippen LogP contribution in [0.15, 0.2) is 53.6 Å². The molecule has 2 aliphatic rings. The Bertz CT molecular complexity index is 939. The number of carbonyl (C=O) groups excluding carboxylic acids is 1. The van der Waals surface area contributed by atoms with Crippen LogP contribution in [0.5, 0.6) is 0 Å². The fourth-order valence-electron chi connectivity index (χ4n) is 4.46. The SMILES string of the molecule is CC[C@@H]1C(C(=O)NN2CCCCCC2)=NN(c2ccccc2Cl)[C@@H]1c1ccc(Cl)cc1. The highest BCUT2D eigenvalue weighted by Crippen LogP contribution is 2.43. The number of carbonyl (C=O) groups is 1. The molecule has 1 amide bonds. The number of anilines is 1. The van der Waals surface area contributed by atoms with Gasteiger partial charge in [-0.2, -0.15) is 5.10 Å². The maximum absolute atomic E-state index is 13.3. The van der Waals surface area contributed by atoms with Gasteiger partial charge in [0.05, 0.1) is 16.8 Å². The minimum atomic E-state index is -0.132. The first-order valence-electron chi connectivity index (χ1n) is 11.0. The van der Waals surface area contributed by atoms with Crippen molar-refractivity contribution < 1.29 is 4.79 Å². The van der Waals surface area contributed by atoms with Gasteiger partial charge >= 0.3 is 0 Å². The summed E-state index contributed by atoms with van der Waals surface area (Å²) in [6, 6.07) is 15.3. The second-order valence-electron chi connectivity index (χ2n) is 8.13. The zero-order chi connectivity index (χ0) is 21.8. The Hall–Kier alpha value is -2.08. The molecule has 31 heavy (non-hydrogen) atoms. The number of nitrogens with one attached hydrogen (secondary N) is 1. The topological polar surface area (TPSA) is 47.9 Å². The number of hydrogen-bond acceptors (Lipinski definition) is 4. The Balaban J connectivity index is 1.68. The van der Waals surface area contributed by atoms with E-state index in [-0.39, 0.29) is 17.9 Å². The molecule has 164 valence electrons. The zero-order valence-corrected chi connectivity index (χ0v) is 19.2. The van der Waals surface area contributed by atoms with Crippen LogP contribution in [-0.2, 0) is 4.79 Å². The van der Waals surface area contributed by atoms with Gasteiger partial charge in [-0.3, -0.25) is 15.2 Å². The van der Waals surface area contributed by atoms with E-state index in [1.54, 1.807) is 0 Å². The molecule has 2 aromatic rings. The van der Waals surface area contributed by atoms with Gasteiger partial charge in [0.15, 0.2) is 0 Å². The summed E-state index contributed by atoms with van der Waals surface area (Å²) in [5, 5.41) is 10.1. The lowest BCUT2D eigenvalue weighted by Crippen LogP contribution is -2.47. The van der Waals surface area contributed by atoms with Crippen molar-refractivity contribution in [3.05, 3.63) is 64.1 Å². The summed E-state index contributed by atoms with van der Waals surface area (Å²) in [7, 11) is 0. The van der Waals surface area contributed by atoms with Crippen molar-refractivity contribution in [3.63, 3.8) is 0 Å². The summed E-state index contributed by atoms with van der Waals surface area (Å²) in [5.41, 5.74) is 5.51. The summed E-state index contributed by atoms with van der Waals surface area (Å²) in [6.45, 7) is 3.85. The fraction of sp³-hybridized carbons (Fsp3) is 0.417. The zero-order valence-electron chi connectivity index (χ0n) is 17.7. The van der Waals surface area contributed by atoms with Crippen molar-refractivity contribution in [2.24, 2.45) is 11.0 Å². The number of hydrazine groups is 1. The van der Waals surface area contributed by atoms with Gasteiger partial charge in [-0.15, -0.1) is 0 Å². The minimum Gasteiger partial charge on any atom is -0.284 e. The summed E-state index contributed by atoms with van der Waals surface area (Å²) in [5.74, 6) is -0.188. The molecule has 1 fully saturated rings. The van der Waals surface area contributed by atoms with Crippen molar-refractivity contribution in [2.75, 3.05) is 18.1 Å². The number of halogens is 2. The van der Waals surface area contributed by atoms with Crippen molar-refractivity contribution in [3.8, 4) is 0 Å². The van der Waals surface area contributed by atoms with E-state index in [9.17, 15) is 4.79 Å². The van der Waals surface area contributed by atoms with Crippen molar-refractivity contribution in [1.29, 1.82) is 0 Å². The van der Waals surface area contributed by atoms with E-state index in [1.165, 1.54) is 12.8 Å². The predicted molar refractivity (Wildman–Crippen MR) is 128 cm³/mol. The molecular formula is C24H28Cl2N4O. The van der Waals surface area contributed by atoms with Gasteiger partial charge in [0.25, 0.3) is 5.91 Å². The van der Waals surface area contributed by atoms with E-state index in [1.807, 2.05) is 58.5 Å². The third kappa shape index (κ3) is 4.89. The van der Waals surface area contributed by atoms with Crippen LogP contribution < -0.4 is 10.4 Å². The summed E-state index contributed by atoms with van der Waals surface area (Å²) in [4.78, 5) is 13.3. The first kappa shape index (κ1) is 22.1. The number of benzene rings is 2. The van der Waals surface area contributed by atoms with E-state index in [0.29, 0.717) is 15.8 Å². The minimum absolute atomic E-state index is 0.0653. The number of hydrogen-bond donors (Lipinski definition) is 1. The molecule has 0 aliphatic carbocycles. The normalized spacial score (nSPS) is 22.2. The lowest BCUT2D eigenvalue weighted by atomic mass is 9.87. The highest BCUT2D eigenvalue weighted by atomic mass is 35.5. The van der Waals surface area contributed by atoms with Crippen LogP contribution in [0.1, 0.15) is 50.6 Å². The van der Waals surface area contributed by atoms with Crippen molar-refractivity contribution in [1.82, 2.24) is 10.4 Å². The second kappa shape index (κ2) is 10.0. The maximum Gasteiger partial charge on any atom is 0.282 e. The second-order valence-corrected chi connectivity index (χ2v) is 8.98. The molecule has 5 nitrogen and oxygen atoms in total. The third-order valence-electron chi connectivity index (χ3n) is 6.06. The van der Waals surface area contributed by atoms with E-state index >= 15 is 0 Å². The molecule has 2 heterocycles. The van der Waals surface area contributed by atoms with Crippen LogP contribution in [-0.4, -0.2) is 29.7 Å². The molecule has 0 radical (unpaired) electrons. The molecule has 1 N–H and O–H groups in total. The Morgan fingerprint density at radius 1 is 1.03 bits per heavy atom. The van der Waals surface area contributed by atoms with E-state index < -0.39 is 0 Å². The average molecular weight is 459 g/mol. The van der Waals surface area contributed by atoms with Gasteiger partial charge in [0.2, 0.25) is 0 Å². The van der Waals surface area contributed by atoms with E-state index in [0.717, 1.165) is 43.6 Å². The molecule has 7 heteroatoms. The van der Waals surface area contributed by atoms with Crippen molar-refractivity contribution >= 4 is 40.5 Å².